The highest BCUT2D eigenvalue weighted by Crippen LogP contribution is 2.30. The summed E-state index contributed by atoms with van der Waals surface area (Å²) in [5.74, 6) is 1.79. The van der Waals surface area contributed by atoms with Crippen LogP contribution in [0.4, 0.5) is 0 Å². The Balaban J connectivity index is 2.27. The van der Waals surface area contributed by atoms with Gasteiger partial charge in [-0.05, 0) is 13.0 Å². The first kappa shape index (κ1) is 8.47. The first-order chi connectivity index (χ1) is 7.34. The van der Waals surface area contributed by atoms with Crippen LogP contribution in [-0.2, 0) is 6.54 Å². The average Bonchev–Trinajstić information content (AvgIpc) is 2.62. The molecule has 0 bridgehead atoms. The Morgan fingerprint density at radius 3 is 3.27 bits per heavy atom. The lowest BCUT2D eigenvalue weighted by atomic mass is 10.2. The smallest absolute Gasteiger partial charge is 0.148 e. The van der Waals surface area contributed by atoms with Crippen LogP contribution in [-0.4, -0.2) is 21.1 Å². The molecule has 76 valence electrons. The minimum atomic E-state index is 0.668. The lowest BCUT2D eigenvalue weighted by molar-refractivity contribution is 0.305. The highest BCUT2D eigenvalue weighted by atomic mass is 16.5. The van der Waals surface area contributed by atoms with E-state index < -0.39 is 0 Å². The topological polar surface area (TPSA) is 39.9 Å². The van der Waals surface area contributed by atoms with E-state index in [4.69, 9.17) is 4.74 Å². The molecule has 0 amide bonds. The Bertz CT molecular complexity index is 504. The molecule has 1 aliphatic rings. The molecule has 0 aromatic carbocycles. The van der Waals surface area contributed by atoms with Gasteiger partial charge in [0, 0.05) is 18.1 Å². The number of aryl methyl sites for hydroxylation is 1. The second kappa shape index (κ2) is 3.08. The Morgan fingerprint density at radius 2 is 2.33 bits per heavy atom. The monoisotopic (exact) mass is 201 g/mol. The van der Waals surface area contributed by atoms with Crippen LogP contribution in [0, 0.1) is 6.92 Å². The van der Waals surface area contributed by atoms with Crippen molar-refractivity contribution in [1.29, 1.82) is 0 Å². The fourth-order valence-corrected chi connectivity index (χ4v) is 1.82. The van der Waals surface area contributed by atoms with Crippen LogP contribution < -0.4 is 4.74 Å². The summed E-state index contributed by atoms with van der Waals surface area (Å²) in [5, 5.41) is 0. The van der Waals surface area contributed by atoms with Gasteiger partial charge >= 0.3 is 0 Å². The van der Waals surface area contributed by atoms with Gasteiger partial charge in [0.2, 0.25) is 0 Å². The van der Waals surface area contributed by atoms with Crippen LogP contribution in [0.2, 0.25) is 0 Å². The van der Waals surface area contributed by atoms with Crippen molar-refractivity contribution in [3.63, 3.8) is 0 Å². The number of fused-ring (bicyclic) bond motifs is 3. The molecular formula is C11H11N3O. The molecule has 2 aromatic rings. The molecule has 0 aliphatic carbocycles. The Hall–Kier alpha value is -1.84. The zero-order valence-corrected chi connectivity index (χ0v) is 8.47. The molecular weight excluding hydrogens is 190 g/mol. The molecule has 15 heavy (non-hydrogen) atoms. The molecule has 0 unspecified atom stereocenters. The van der Waals surface area contributed by atoms with E-state index >= 15 is 0 Å². The van der Waals surface area contributed by atoms with E-state index in [1.807, 2.05) is 25.4 Å². The summed E-state index contributed by atoms with van der Waals surface area (Å²) >= 11 is 0. The molecule has 0 radical (unpaired) electrons. The lowest BCUT2D eigenvalue weighted by Gasteiger charge is -2.05. The standard InChI is InChI=1S/C11H11N3O/c1-8-6-9-10(7-13-8)15-5-4-14-3-2-12-11(9)14/h2-3,6-7H,4-5H2,1H3. The number of rotatable bonds is 0. The van der Waals surface area contributed by atoms with Gasteiger partial charge in [-0.15, -0.1) is 0 Å². The van der Waals surface area contributed by atoms with Gasteiger partial charge in [-0.1, -0.05) is 0 Å². The highest BCUT2D eigenvalue weighted by molar-refractivity contribution is 5.64. The van der Waals surface area contributed by atoms with Crippen LogP contribution in [0.15, 0.2) is 24.7 Å². The predicted molar refractivity (Wildman–Crippen MR) is 55.7 cm³/mol. The first-order valence-electron chi connectivity index (χ1n) is 4.95. The van der Waals surface area contributed by atoms with Crippen LogP contribution >= 0.6 is 0 Å². The number of pyridine rings is 1. The van der Waals surface area contributed by atoms with E-state index in [0.29, 0.717) is 6.61 Å². The van der Waals surface area contributed by atoms with E-state index in [-0.39, 0.29) is 0 Å². The summed E-state index contributed by atoms with van der Waals surface area (Å²) in [5.41, 5.74) is 2.01. The molecule has 0 saturated heterocycles. The average molecular weight is 201 g/mol. The van der Waals surface area contributed by atoms with Crippen molar-refractivity contribution in [3.05, 3.63) is 30.4 Å². The van der Waals surface area contributed by atoms with Gasteiger partial charge in [-0.2, -0.15) is 0 Å². The van der Waals surface area contributed by atoms with Crippen LogP contribution in [0.1, 0.15) is 5.69 Å². The fourth-order valence-electron chi connectivity index (χ4n) is 1.82. The molecule has 0 fully saturated rings. The Kier molecular flexibility index (Phi) is 1.74. The Morgan fingerprint density at radius 1 is 1.40 bits per heavy atom. The van der Waals surface area contributed by atoms with Crippen molar-refractivity contribution < 1.29 is 4.74 Å². The minimum Gasteiger partial charge on any atom is -0.489 e. The third-order valence-electron chi connectivity index (χ3n) is 2.55. The zero-order chi connectivity index (χ0) is 10.3. The summed E-state index contributed by atoms with van der Waals surface area (Å²) < 4.78 is 7.72. The summed E-state index contributed by atoms with van der Waals surface area (Å²) in [6.07, 6.45) is 5.57. The van der Waals surface area contributed by atoms with Gasteiger partial charge in [-0.25, -0.2) is 4.98 Å². The molecule has 3 rings (SSSR count). The molecule has 2 aromatic heterocycles. The van der Waals surface area contributed by atoms with Gasteiger partial charge in [0.15, 0.2) is 0 Å². The summed E-state index contributed by atoms with van der Waals surface area (Å²) in [7, 11) is 0. The number of nitrogens with zero attached hydrogens (tertiary/aromatic N) is 3. The van der Waals surface area contributed by atoms with Gasteiger partial charge in [0.1, 0.15) is 18.2 Å². The van der Waals surface area contributed by atoms with Gasteiger partial charge in [0.25, 0.3) is 0 Å². The second-order valence-electron chi connectivity index (χ2n) is 3.61. The van der Waals surface area contributed by atoms with Crippen molar-refractivity contribution in [2.75, 3.05) is 6.61 Å². The summed E-state index contributed by atoms with van der Waals surface area (Å²) in [4.78, 5) is 8.58. The zero-order valence-electron chi connectivity index (χ0n) is 8.47. The predicted octanol–water partition coefficient (Wildman–Crippen LogP) is 1.65. The fraction of sp³-hybridized carbons (Fsp3) is 0.273. The van der Waals surface area contributed by atoms with Crippen LogP contribution in [0.3, 0.4) is 0 Å². The van der Waals surface area contributed by atoms with Crippen LogP contribution in [0.5, 0.6) is 5.75 Å². The van der Waals surface area contributed by atoms with E-state index in [1.54, 1.807) is 6.20 Å². The van der Waals surface area contributed by atoms with Crippen molar-refractivity contribution >= 4 is 0 Å². The van der Waals surface area contributed by atoms with Crippen molar-refractivity contribution in [2.45, 2.75) is 13.5 Å². The molecule has 4 heteroatoms. The number of ether oxygens (including phenoxy) is 1. The number of aromatic nitrogens is 3. The Labute approximate surface area is 87.5 Å². The summed E-state index contributed by atoms with van der Waals surface area (Å²) in [6, 6.07) is 2.01. The molecule has 0 atom stereocenters. The first-order valence-corrected chi connectivity index (χ1v) is 4.95. The third-order valence-corrected chi connectivity index (χ3v) is 2.55. The molecule has 0 N–H and O–H groups in total. The molecule has 0 saturated carbocycles. The maximum atomic E-state index is 5.62. The molecule has 1 aliphatic heterocycles. The van der Waals surface area contributed by atoms with E-state index in [2.05, 4.69) is 14.5 Å². The number of hydrogen-bond donors (Lipinski definition) is 0. The number of imidazole rings is 1. The normalized spacial score (nSPS) is 13.7. The molecule has 4 nitrogen and oxygen atoms in total. The summed E-state index contributed by atoms with van der Waals surface area (Å²) in [6.45, 7) is 3.47. The SMILES string of the molecule is Cc1cc2c(cn1)OCCn1ccnc1-2. The maximum Gasteiger partial charge on any atom is 0.148 e. The third kappa shape index (κ3) is 1.29. The van der Waals surface area contributed by atoms with E-state index in [9.17, 15) is 0 Å². The van der Waals surface area contributed by atoms with E-state index in [0.717, 1.165) is 29.4 Å². The second-order valence-corrected chi connectivity index (χ2v) is 3.61. The van der Waals surface area contributed by atoms with Gasteiger partial charge in [0.05, 0.1) is 18.3 Å². The van der Waals surface area contributed by atoms with Gasteiger partial charge < -0.3 is 9.30 Å². The largest absolute Gasteiger partial charge is 0.489 e. The van der Waals surface area contributed by atoms with Crippen molar-refractivity contribution in [2.24, 2.45) is 0 Å². The molecule has 3 heterocycles. The lowest BCUT2D eigenvalue weighted by Crippen LogP contribution is -2.04. The number of hydrogen-bond acceptors (Lipinski definition) is 3. The highest BCUT2D eigenvalue weighted by Gasteiger charge is 2.16. The van der Waals surface area contributed by atoms with Gasteiger partial charge in [-0.3, -0.25) is 4.98 Å². The van der Waals surface area contributed by atoms with Crippen molar-refractivity contribution in [1.82, 2.24) is 14.5 Å². The van der Waals surface area contributed by atoms with Crippen LogP contribution in [0.25, 0.3) is 11.4 Å². The quantitative estimate of drug-likeness (QED) is 0.650. The minimum absolute atomic E-state index is 0.668. The molecule has 0 spiro atoms. The maximum absolute atomic E-state index is 5.62. The van der Waals surface area contributed by atoms with E-state index in [1.165, 1.54) is 0 Å². The van der Waals surface area contributed by atoms with Crippen molar-refractivity contribution in [3.8, 4) is 17.1 Å².